The Bertz CT molecular complexity index is 838. The van der Waals surface area contributed by atoms with Crippen molar-refractivity contribution in [3.05, 3.63) is 60.6 Å². The van der Waals surface area contributed by atoms with Gasteiger partial charge in [-0.3, -0.25) is 14.5 Å². The summed E-state index contributed by atoms with van der Waals surface area (Å²) in [6.45, 7) is 1.55. The number of carbonyl (C=O) groups excluding carboxylic acids is 1. The number of benzene rings is 1. The molecule has 24 heavy (non-hydrogen) atoms. The minimum Gasteiger partial charge on any atom is -0.334 e. The van der Waals surface area contributed by atoms with E-state index in [0.717, 1.165) is 43.3 Å². The summed E-state index contributed by atoms with van der Waals surface area (Å²) in [4.78, 5) is 19.7. The van der Waals surface area contributed by atoms with Gasteiger partial charge in [0.25, 0.3) is 5.91 Å². The number of nitrogens with zero attached hydrogens (tertiary/aromatic N) is 4. The lowest BCUT2D eigenvalue weighted by Crippen LogP contribution is -2.46. The predicted molar refractivity (Wildman–Crippen MR) is 92.6 cm³/mol. The van der Waals surface area contributed by atoms with Gasteiger partial charge in [-0.2, -0.15) is 5.10 Å². The average Bonchev–Trinajstić information content (AvgIpc) is 3.14. The topological polar surface area (TPSA) is 51.0 Å². The van der Waals surface area contributed by atoms with Crippen LogP contribution >= 0.6 is 0 Å². The minimum absolute atomic E-state index is 0.0798. The van der Waals surface area contributed by atoms with Crippen LogP contribution in [0.15, 0.2) is 55.0 Å². The molecule has 1 amide bonds. The zero-order valence-corrected chi connectivity index (χ0v) is 13.5. The molecule has 2 aromatic heterocycles. The van der Waals surface area contributed by atoms with Crippen molar-refractivity contribution in [2.45, 2.75) is 31.8 Å². The molecule has 0 radical (unpaired) electrons. The van der Waals surface area contributed by atoms with Gasteiger partial charge in [0.1, 0.15) is 0 Å². The predicted octanol–water partition coefficient (Wildman–Crippen LogP) is 3.13. The fraction of sp³-hybridized carbons (Fsp3) is 0.316. The van der Waals surface area contributed by atoms with Crippen LogP contribution in [0.3, 0.4) is 0 Å². The number of amides is 1. The Morgan fingerprint density at radius 3 is 2.92 bits per heavy atom. The third kappa shape index (κ3) is 2.77. The van der Waals surface area contributed by atoms with Crippen molar-refractivity contribution < 1.29 is 4.79 Å². The standard InChI is InChI=1S/C19H20N4O/c24-19(17-9-3-6-15-7-4-10-20-18(15)17)23-13-2-1-8-16(23)14-22-12-5-11-21-22/h3-7,9-12,16H,1-2,8,13-14H2/t16-/m1/s1. The van der Waals surface area contributed by atoms with E-state index in [1.807, 2.05) is 52.2 Å². The number of hydrogen-bond acceptors (Lipinski definition) is 3. The molecular formula is C19H20N4O. The van der Waals surface area contributed by atoms with Gasteiger partial charge in [0.15, 0.2) is 0 Å². The molecule has 1 fully saturated rings. The van der Waals surface area contributed by atoms with Gasteiger partial charge < -0.3 is 4.90 Å². The van der Waals surface area contributed by atoms with Crippen molar-refractivity contribution in [1.29, 1.82) is 0 Å². The van der Waals surface area contributed by atoms with E-state index in [4.69, 9.17) is 0 Å². The molecule has 3 heterocycles. The molecule has 0 unspecified atom stereocenters. The maximum Gasteiger partial charge on any atom is 0.256 e. The largest absolute Gasteiger partial charge is 0.334 e. The van der Waals surface area contributed by atoms with E-state index in [1.165, 1.54) is 0 Å². The van der Waals surface area contributed by atoms with Crippen molar-refractivity contribution in [3.8, 4) is 0 Å². The Morgan fingerprint density at radius 2 is 2.04 bits per heavy atom. The molecule has 0 saturated carbocycles. The highest BCUT2D eigenvalue weighted by Crippen LogP contribution is 2.24. The second-order valence-electron chi connectivity index (χ2n) is 6.26. The van der Waals surface area contributed by atoms with Gasteiger partial charge in [0.05, 0.1) is 23.7 Å². The first-order chi connectivity index (χ1) is 11.8. The van der Waals surface area contributed by atoms with Gasteiger partial charge in [-0.15, -0.1) is 0 Å². The van der Waals surface area contributed by atoms with Crippen LogP contribution in [0.5, 0.6) is 0 Å². The number of fused-ring (bicyclic) bond motifs is 1. The summed E-state index contributed by atoms with van der Waals surface area (Å²) < 4.78 is 1.91. The maximum absolute atomic E-state index is 13.2. The van der Waals surface area contributed by atoms with E-state index in [9.17, 15) is 4.79 Å². The Kier molecular flexibility index (Phi) is 3.99. The highest BCUT2D eigenvalue weighted by atomic mass is 16.2. The molecule has 0 spiro atoms. The Labute approximate surface area is 140 Å². The lowest BCUT2D eigenvalue weighted by Gasteiger charge is -2.36. The molecular weight excluding hydrogens is 300 g/mol. The van der Waals surface area contributed by atoms with Crippen LogP contribution in [-0.2, 0) is 6.54 Å². The number of hydrogen-bond donors (Lipinski definition) is 0. The van der Waals surface area contributed by atoms with Crippen LogP contribution in [-0.4, -0.2) is 38.2 Å². The fourth-order valence-electron chi connectivity index (χ4n) is 3.51. The van der Waals surface area contributed by atoms with Crippen molar-refractivity contribution >= 4 is 16.8 Å². The summed E-state index contributed by atoms with van der Waals surface area (Å²) in [6, 6.07) is 11.8. The fourth-order valence-corrected chi connectivity index (χ4v) is 3.51. The number of pyridine rings is 1. The van der Waals surface area contributed by atoms with Crippen LogP contribution in [0, 0.1) is 0 Å². The number of carbonyl (C=O) groups is 1. The van der Waals surface area contributed by atoms with Crippen molar-refractivity contribution in [2.24, 2.45) is 0 Å². The summed E-state index contributed by atoms with van der Waals surface area (Å²) in [7, 11) is 0. The number of likely N-dealkylation sites (tertiary alicyclic amines) is 1. The van der Waals surface area contributed by atoms with Gasteiger partial charge in [-0.05, 0) is 37.5 Å². The molecule has 5 heteroatoms. The highest BCUT2D eigenvalue weighted by molar-refractivity contribution is 6.05. The highest BCUT2D eigenvalue weighted by Gasteiger charge is 2.28. The van der Waals surface area contributed by atoms with Crippen LogP contribution in [0.2, 0.25) is 0 Å². The Hall–Kier alpha value is -2.69. The van der Waals surface area contributed by atoms with E-state index in [1.54, 1.807) is 12.4 Å². The average molecular weight is 320 g/mol. The zero-order chi connectivity index (χ0) is 16.4. The van der Waals surface area contributed by atoms with Crippen LogP contribution in [0.25, 0.3) is 10.9 Å². The smallest absolute Gasteiger partial charge is 0.256 e. The van der Waals surface area contributed by atoms with Crippen molar-refractivity contribution in [3.63, 3.8) is 0 Å². The molecule has 1 saturated heterocycles. The maximum atomic E-state index is 13.2. The lowest BCUT2D eigenvalue weighted by atomic mass is 10.00. The molecule has 0 N–H and O–H groups in total. The first-order valence-electron chi connectivity index (χ1n) is 8.45. The van der Waals surface area contributed by atoms with Crippen molar-refractivity contribution in [2.75, 3.05) is 6.54 Å². The van der Waals surface area contributed by atoms with E-state index in [2.05, 4.69) is 10.1 Å². The van der Waals surface area contributed by atoms with E-state index >= 15 is 0 Å². The SMILES string of the molecule is O=C(c1cccc2cccnc12)N1CCCC[C@@H]1Cn1cccn1. The molecule has 0 bridgehead atoms. The van der Waals surface area contributed by atoms with Crippen LogP contribution in [0.1, 0.15) is 29.6 Å². The van der Waals surface area contributed by atoms with Crippen LogP contribution < -0.4 is 0 Å². The van der Waals surface area contributed by atoms with Gasteiger partial charge in [-0.25, -0.2) is 0 Å². The zero-order valence-electron chi connectivity index (χ0n) is 13.5. The van der Waals surface area contributed by atoms with Crippen molar-refractivity contribution in [1.82, 2.24) is 19.7 Å². The number of piperidine rings is 1. The molecule has 0 aliphatic carbocycles. The second-order valence-corrected chi connectivity index (χ2v) is 6.26. The summed E-state index contributed by atoms with van der Waals surface area (Å²) in [5, 5.41) is 5.30. The lowest BCUT2D eigenvalue weighted by molar-refractivity contribution is 0.0585. The number of para-hydroxylation sites is 1. The van der Waals surface area contributed by atoms with Gasteiger partial charge in [0, 0.05) is 30.5 Å². The Balaban J connectivity index is 1.65. The molecule has 1 atom stereocenters. The first kappa shape index (κ1) is 14.9. The molecule has 122 valence electrons. The summed E-state index contributed by atoms with van der Waals surface area (Å²) in [6.07, 6.45) is 8.71. The molecule has 1 aliphatic heterocycles. The second kappa shape index (κ2) is 6.43. The summed E-state index contributed by atoms with van der Waals surface area (Å²) >= 11 is 0. The Morgan fingerprint density at radius 1 is 1.12 bits per heavy atom. The van der Waals surface area contributed by atoms with E-state index < -0.39 is 0 Å². The summed E-state index contributed by atoms with van der Waals surface area (Å²) in [5.41, 5.74) is 1.48. The molecule has 1 aromatic carbocycles. The minimum atomic E-state index is 0.0798. The monoisotopic (exact) mass is 320 g/mol. The first-order valence-corrected chi connectivity index (χ1v) is 8.45. The van der Waals surface area contributed by atoms with Gasteiger partial charge >= 0.3 is 0 Å². The normalized spacial score (nSPS) is 18.0. The number of aromatic nitrogens is 3. The summed E-state index contributed by atoms with van der Waals surface area (Å²) in [5.74, 6) is 0.0798. The van der Waals surface area contributed by atoms with Crippen LogP contribution in [0.4, 0.5) is 0 Å². The van der Waals surface area contributed by atoms with E-state index in [-0.39, 0.29) is 11.9 Å². The molecule has 3 aromatic rings. The molecule has 5 nitrogen and oxygen atoms in total. The third-order valence-corrected chi connectivity index (χ3v) is 4.71. The quantitative estimate of drug-likeness (QED) is 0.745. The molecule has 1 aliphatic rings. The van der Waals surface area contributed by atoms with E-state index in [0.29, 0.717) is 5.56 Å². The van der Waals surface area contributed by atoms with Gasteiger partial charge in [-0.1, -0.05) is 18.2 Å². The molecule has 4 rings (SSSR count). The van der Waals surface area contributed by atoms with Gasteiger partial charge in [0.2, 0.25) is 0 Å². The number of rotatable bonds is 3. The third-order valence-electron chi connectivity index (χ3n) is 4.71.